The van der Waals surface area contributed by atoms with Gasteiger partial charge in [-0.15, -0.1) is 0 Å². The third-order valence-corrected chi connectivity index (χ3v) is 3.00. The molecule has 0 heterocycles. The summed E-state index contributed by atoms with van der Waals surface area (Å²) < 4.78 is 0. The summed E-state index contributed by atoms with van der Waals surface area (Å²) in [5, 5.41) is 0. The van der Waals surface area contributed by atoms with E-state index in [1.54, 1.807) is 0 Å². The predicted octanol–water partition coefficient (Wildman–Crippen LogP) is 4.46. The minimum absolute atomic E-state index is 0.405. The van der Waals surface area contributed by atoms with Crippen LogP contribution in [0.1, 0.15) is 77.6 Å². The highest BCUT2D eigenvalue weighted by atomic mass is 14.6. The average Bonchev–Trinajstić information content (AvgIpc) is 2.22. The van der Waals surface area contributed by atoms with E-state index in [1.165, 1.54) is 57.8 Å². The minimum Gasteiger partial charge on any atom is -0.328 e. The molecule has 1 unspecified atom stereocenters. The summed E-state index contributed by atoms with van der Waals surface area (Å²) in [6.07, 6.45) is 14.4. The van der Waals surface area contributed by atoms with Crippen molar-refractivity contribution in [1.82, 2.24) is 0 Å². The first-order chi connectivity index (χ1) is 7.31. The van der Waals surface area contributed by atoms with Gasteiger partial charge in [0.1, 0.15) is 0 Å². The van der Waals surface area contributed by atoms with Crippen LogP contribution in [-0.2, 0) is 0 Å². The van der Waals surface area contributed by atoms with Gasteiger partial charge in [-0.2, -0.15) is 0 Å². The van der Waals surface area contributed by atoms with Gasteiger partial charge in [0.2, 0.25) is 0 Å². The van der Waals surface area contributed by atoms with Crippen molar-refractivity contribution in [1.29, 1.82) is 0 Å². The molecule has 1 nitrogen and oxygen atoms in total. The summed E-state index contributed by atoms with van der Waals surface area (Å²) in [5.41, 5.74) is 5.92. The summed E-state index contributed by atoms with van der Waals surface area (Å²) in [7, 11) is 0. The Labute approximate surface area is 96.8 Å². The van der Waals surface area contributed by atoms with Crippen molar-refractivity contribution in [2.75, 3.05) is 0 Å². The van der Waals surface area contributed by atoms with Crippen molar-refractivity contribution in [3.8, 4) is 0 Å². The maximum absolute atomic E-state index is 5.92. The van der Waals surface area contributed by atoms with Crippen LogP contribution in [0.15, 0.2) is 0 Å². The summed E-state index contributed by atoms with van der Waals surface area (Å²) in [6, 6.07) is 0.405. The molecule has 0 aliphatic rings. The Balaban J connectivity index is 2.98. The lowest BCUT2D eigenvalue weighted by molar-refractivity contribution is 0.510. The van der Waals surface area contributed by atoms with Gasteiger partial charge in [-0.3, -0.25) is 0 Å². The molecule has 0 bridgehead atoms. The first kappa shape index (κ1) is 15.0. The number of unbranched alkanes of at least 4 members (excludes halogenated alkanes) is 7. The molecule has 0 fully saturated rings. The lowest BCUT2D eigenvalue weighted by Gasteiger charge is -2.09. The predicted molar refractivity (Wildman–Crippen MR) is 69.8 cm³/mol. The Bertz CT molecular complexity index is 112. The Morgan fingerprint density at radius 2 is 1.40 bits per heavy atom. The molecular weight excluding hydrogens is 182 g/mol. The fourth-order valence-electron chi connectivity index (χ4n) is 1.95. The van der Waals surface area contributed by atoms with Crippen molar-refractivity contribution >= 4 is 0 Å². The molecule has 0 aliphatic heterocycles. The van der Waals surface area contributed by atoms with Crippen LogP contribution in [-0.4, -0.2) is 6.04 Å². The second-order valence-electron chi connectivity index (χ2n) is 4.67. The highest BCUT2D eigenvalue weighted by Gasteiger charge is 1.99. The van der Waals surface area contributed by atoms with Crippen LogP contribution in [0.5, 0.6) is 0 Å². The van der Waals surface area contributed by atoms with Crippen molar-refractivity contribution < 1.29 is 0 Å². The second-order valence-corrected chi connectivity index (χ2v) is 4.67. The maximum Gasteiger partial charge on any atom is 0.00388 e. The van der Waals surface area contributed by atoms with Crippen LogP contribution < -0.4 is 5.73 Å². The SMILES string of the molecule is [CH2]CCC(N)CCCCCCCCCC. The van der Waals surface area contributed by atoms with Gasteiger partial charge in [-0.25, -0.2) is 0 Å². The standard InChI is InChI=1S/C14H30N/c1-3-5-6-7-8-9-10-11-13-14(15)12-4-2/h14H,2-13,15H2,1H3. The maximum atomic E-state index is 5.92. The van der Waals surface area contributed by atoms with E-state index in [0.717, 1.165) is 12.8 Å². The zero-order chi connectivity index (χ0) is 11.4. The second kappa shape index (κ2) is 12.0. The third kappa shape index (κ3) is 11.9. The lowest BCUT2D eigenvalue weighted by atomic mass is 10.0. The van der Waals surface area contributed by atoms with E-state index in [1.807, 2.05) is 0 Å². The van der Waals surface area contributed by atoms with Gasteiger partial charge in [0, 0.05) is 6.04 Å². The van der Waals surface area contributed by atoms with E-state index in [0.29, 0.717) is 6.04 Å². The van der Waals surface area contributed by atoms with Crippen LogP contribution in [0.25, 0.3) is 0 Å². The fraction of sp³-hybridized carbons (Fsp3) is 0.929. The van der Waals surface area contributed by atoms with Gasteiger partial charge in [0.05, 0.1) is 0 Å². The van der Waals surface area contributed by atoms with Crippen LogP contribution >= 0.6 is 0 Å². The smallest absolute Gasteiger partial charge is 0.00388 e. The summed E-state index contributed by atoms with van der Waals surface area (Å²) >= 11 is 0. The Hall–Kier alpha value is -0.0400. The van der Waals surface area contributed by atoms with Gasteiger partial charge >= 0.3 is 0 Å². The van der Waals surface area contributed by atoms with E-state index in [9.17, 15) is 0 Å². The Morgan fingerprint density at radius 1 is 0.867 bits per heavy atom. The minimum atomic E-state index is 0.405. The lowest BCUT2D eigenvalue weighted by Crippen LogP contribution is -2.18. The molecule has 0 amide bonds. The van der Waals surface area contributed by atoms with Crippen molar-refractivity contribution in [2.24, 2.45) is 5.73 Å². The van der Waals surface area contributed by atoms with Gasteiger partial charge in [-0.05, 0) is 12.8 Å². The number of rotatable bonds is 11. The van der Waals surface area contributed by atoms with Crippen LogP contribution in [0.2, 0.25) is 0 Å². The largest absolute Gasteiger partial charge is 0.328 e. The third-order valence-electron chi connectivity index (χ3n) is 3.00. The number of hydrogen-bond donors (Lipinski definition) is 1. The molecule has 0 aromatic carbocycles. The molecule has 91 valence electrons. The highest BCUT2D eigenvalue weighted by Crippen LogP contribution is 2.11. The molecule has 1 heteroatoms. The molecule has 15 heavy (non-hydrogen) atoms. The van der Waals surface area contributed by atoms with Gasteiger partial charge in [0.15, 0.2) is 0 Å². The average molecular weight is 212 g/mol. The molecule has 0 saturated heterocycles. The molecule has 0 aromatic rings. The first-order valence-corrected chi connectivity index (χ1v) is 6.86. The van der Waals surface area contributed by atoms with Gasteiger partial charge in [-0.1, -0.05) is 71.6 Å². The first-order valence-electron chi connectivity index (χ1n) is 6.86. The van der Waals surface area contributed by atoms with E-state index >= 15 is 0 Å². The van der Waals surface area contributed by atoms with Gasteiger partial charge < -0.3 is 5.73 Å². The molecular formula is C14H30N. The summed E-state index contributed by atoms with van der Waals surface area (Å²) in [4.78, 5) is 0. The Kier molecular flexibility index (Phi) is 12.0. The van der Waals surface area contributed by atoms with E-state index in [-0.39, 0.29) is 0 Å². The monoisotopic (exact) mass is 212 g/mol. The zero-order valence-corrected chi connectivity index (χ0v) is 10.6. The number of nitrogens with two attached hydrogens (primary N) is 1. The highest BCUT2D eigenvalue weighted by molar-refractivity contribution is 4.61. The van der Waals surface area contributed by atoms with E-state index in [2.05, 4.69) is 13.8 Å². The molecule has 2 N–H and O–H groups in total. The Morgan fingerprint density at radius 3 is 1.93 bits per heavy atom. The normalized spacial score (nSPS) is 13.0. The molecule has 1 radical (unpaired) electrons. The molecule has 0 aliphatic carbocycles. The van der Waals surface area contributed by atoms with Crippen LogP contribution in [0.4, 0.5) is 0 Å². The zero-order valence-electron chi connectivity index (χ0n) is 10.6. The van der Waals surface area contributed by atoms with Crippen LogP contribution in [0.3, 0.4) is 0 Å². The summed E-state index contributed by atoms with van der Waals surface area (Å²) in [6.45, 7) is 6.10. The molecule has 0 rings (SSSR count). The van der Waals surface area contributed by atoms with Gasteiger partial charge in [0.25, 0.3) is 0 Å². The molecule has 0 spiro atoms. The van der Waals surface area contributed by atoms with Crippen molar-refractivity contribution in [3.63, 3.8) is 0 Å². The van der Waals surface area contributed by atoms with Crippen molar-refractivity contribution in [3.05, 3.63) is 6.92 Å². The summed E-state index contributed by atoms with van der Waals surface area (Å²) in [5.74, 6) is 0. The van der Waals surface area contributed by atoms with E-state index < -0.39 is 0 Å². The molecule has 1 atom stereocenters. The van der Waals surface area contributed by atoms with Crippen LogP contribution in [0, 0.1) is 6.92 Å². The molecule has 0 aromatic heterocycles. The number of hydrogen-bond acceptors (Lipinski definition) is 1. The fourth-order valence-corrected chi connectivity index (χ4v) is 1.95. The van der Waals surface area contributed by atoms with Crippen molar-refractivity contribution in [2.45, 2.75) is 83.6 Å². The topological polar surface area (TPSA) is 26.0 Å². The molecule has 0 saturated carbocycles. The van der Waals surface area contributed by atoms with E-state index in [4.69, 9.17) is 5.73 Å². The quantitative estimate of drug-likeness (QED) is 0.503.